The quantitative estimate of drug-likeness (QED) is 0.714. The van der Waals surface area contributed by atoms with Crippen LogP contribution in [0.25, 0.3) is 6.08 Å². The fourth-order valence-corrected chi connectivity index (χ4v) is 4.47. The second-order valence-corrected chi connectivity index (χ2v) is 9.13. The Morgan fingerprint density at radius 3 is 2.32 bits per heavy atom. The Kier molecular flexibility index (Phi) is 7.01. The first-order chi connectivity index (χ1) is 13.4. The summed E-state index contributed by atoms with van der Waals surface area (Å²) < 4.78 is 27.3. The van der Waals surface area contributed by atoms with Gasteiger partial charge in [0, 0.05) is 36.1 Å². The van der Waals surface area contributed by atoms with Crippen LogP contribution in [-0.4, -0.2) is 56.3 Å². The molecule has 1 N–H and O–H groups in total. The van der Waals surface area contributed by atoms with Crippen LogP contribution in [0, 0.1) is 0 Å². The highest BCUT2D eigenvalue weighted by atomic mass is 79.9. The molecule has 0 bridgehead atoms. The van der Waals surface area contributed by atoms with Crippen molar-refractivity contribution in [2.24, 2.45) is 0 Å². The predicted octanol–water partition coefficient (Wildman–Crippen LogP) is 3.01. The average molecular weight is 464 g/mol. The van der Waals surface area contributed by atoms with Gasteiger partial charge in [0.2, 0.25) is 15.9 Å². The van der Waals surface area contributed by atoms with Gasteiger partial charge in [-0.05, 0) is 39.7 Å². The maximum Gasteiger partial charge on any atom is 0.238 e. The third-order valence-electron chi connectivity index (χ3n) is 4.44. The molecule has 1 heterocycles. The number of nitrogens with one attached hydrogen (secondary N) is 1. The Hall–Kier alpha value is -2.00. The largest absolute Gasteiger partial charge is 0.324 e. The summed E-state index contributed by atoms with van der Waals surface area (Å²) >= 11 is 3.40. The van der Waals surface area contributed by atoms with E-state index in [4.69, 9.17) is 0 Å². The van der Waals surface area contributed by atoms with Crippen molar-refractivity contribution in [3.63, 3.8) is 0 Å². The number of nitrogens with zero attached hydrogens (tertiary/aromatic N) is 2. The molecule has 0 aromatic heterocycles. The molecule has 2 aromatic carbocycles. The highest BCUT2D eigenvalue weighted by Gasteiger charge is 2.26. The minimum atomic E-state index is -3.47. The summed E-state index contributed by atoms with van der Waals surface area (Å²) in [5.41, 5.74) is 1.56. The number of carbonyl (C=O) groups is 1. The van der Waals surface area contributed by atoms with E-state index >= 15 is 0 Å². The lowest BCUT2D eigenvalue weighted by molar-refractivity contribution is -0.117. The molecule has 0 spiro atoms. The second kappa shape index (κ2) is 9.47. The van der Waals surface area contributed by atoms with Crippen molar-refractivity contribution in [1.82, 2.24) is 9.21 Å². The molecule has 1 amide bonds. The van der Waals surface area contributed by atoms with E-state index in [0.29, 0.717) is 26.2 Å². The van der Waals surface area contributed by atoms with Gasteiger partial charge in [-0.2, -0.15) is 4.31 Å². The fourth-order valence-electron chi connectivity index (χ4n) is 2.91. The fraction of sp³-hybridized carbons (Fsp3) is 0.250. The lowest BCUT2D eigenvalue weighted by atomic mass is 10.2. The lowest BCUT2D eigenvalue weighted by Crippen LogP contribution is -2.49. The van der Waals surface area contributed by atoms with Gasteiger partial charge in [0.15, 0.2) is 0 Å². The molecule has 0 unspecified atom stereocenters. The summed E-state index contributed by atoms with van der Waals surface area (Å²) in [5, 5.41) is 4.11. The number of anilines is 1. The first-order valence-electron chi connectivity index (χ1n) is 8.94. The standard InChI is InChI=1S/C20H22BrN3O3S/c21-18-8-4-5-9-19(18)22-20(25)16-23-11-13-24(14-12-23)28(26,27)15-10-17-6-2-1-3-7-17/h1-10,15H,11-14,16H2,(H,22,25)/b15-10-. The number of para-hydroxylation sites is 1. The molecule has 6 nitrogen and oxygen atoms in total. The zero-order chi connectivity index (χ0) is 20.0. The van der Waals surface area contributed by atoms with Crippen molar-refractivity contribution in [3.8, 4) is 0 Å². The SMILES string of the molecule is O=C(CN1CCN(S(=O)(=O)/C=C\c2ccccc2)CC1)Nc1ccccc1Br. The maximum absolute atomic E-state index is 12.5. The van der Waals surface area contributed by atoms with Crippen LogP contribution in [0.2, 0.25) is 0 Å². The summed E-state index contributed by atoms with van der Waals surface area (Å²) in [7, 11) is -3.47. The van der Waals surface area contributed by atoms with Crippen LogP contribution >= 0.6 is 15.9 Å². The summed E-state index contributed by atoms with van der Waals surface area (Å²) in [6.07, 6.45) is 1.60. The van der Waals surface area contributed by atoms with Crippen LogP contribution in [0.5, 0.6) is 0 Å². The number of piperazine rings is 1. The van der Waals surface area contributed by atoms with Gasteiger partial charge < -0.3 is 5.32 Å². The highest BCUT2D eigenvalue weighted by molar-refractivity contribution is 9.10. The highest BCUT2D eigenvalue weighted by Crippen LogP contribution is 2.21. The minimum absolute atomic E-state index is 0.118. The smallest absolute Gasteiger partial charge is 0.238 e. The Labute approximate surface area is 174 Å². The number of benzene rings is 2. The van der Waals surface area contributed by atoms with Crippen molar-refractivity contribution in [2.75, 3.05) is 38.0 Å². The average Bonchev–Trinajstić information content (AvgIpc) is 2.69. The summed E-state index contributed by atoms with van der Waals surface area (Å²) in [4.78, 5) is 14.2. The Morgan fingerprint density at radius 1 is 1.00 bits per heavy atom. The maximum atomic E-state index is 12.5. The molecule has 28 heavy (non-hydrogen) atoms. The molecular formula is C20H22BrN3O3S. The number of rotatable bonds is 6. The molecule has 1 saturated heterocycles. The molecule has 2 aromatic rings. The first-order valence-corrected chi connectivity index (χ1v) is 11.2. The zero-order valence-electron chi connectivity index (χ0n) is 15.3. The number of sulfonamides is 1. The van der Waals surface area contributed by atoms with E-state index in [1.54, 1.807) is 6.08 Å². The topological polar surface area (TPSA) is 69.7 Å². The van der Waals surface area contributed by atoms with Gasteiger partial charge in [-0.15, -0.1) is 0 Å². The van der Waals surface area contributed by atoms with Crippen molar-refractivity contribution in [1.29, 1.82) is 0 Å². The lowest BCUT2D eigenvalue weighted by Gasteiger charge is -2.32. The molecule has 148 valence electrons. The number of carbonyl (C=O) groups excluding carboxylic acids is 1. The second-order valence-electron chi connectivity index (χ2n) is 6.46. The number of hydrogen-bond acceptors (Lipinski definition) is 4. The molecule has 0 aliphatic carbocycles. The van der Waals surface area contributed by atoms with Crippen molar-refractivity contribution < 1.29 is 13.2 Å². The van der Waals surface area contributed by atoms with Crippen LogP contribution in [0.1, 0.15) is 5.56 Å². The third kappa shape index (κ3) is 5.75. The van der Waals surface area contributed by atoms with E-state index in [1.165, 1.54) is 9.71 Å². The Balaban J connectivity index is 1.50. The number of amides is 1. The molecule has 1 fully saturated rings. The van der Waals surface area contributed by atoms with Gasteiger partial charge in [-0.3, -0.25) is 9.69 Å². The van der Waals surface area contributed by atoms with Gasteiger partial charge in [-0.25, -0.2) is 8.42 Å². The number of hydrogen-bond donors (Lipinski definition) is 1. The summed E-state index contributed by atoms with van der Waals surface area (Å²) in [5.74, 6) is -0.118. The molecule has 0 radical (unpaired) electrons. The van der Waals surface area contributed by atoms with Crippen LogP contribution in [0.4, 0.5) is 5.69 Å². The van der Waals surface area contributed by atoms with Crippen molar-refractivity contribution in [3.05, 3.63) is 70.0 Å². The van der Waals surface area contributed by atoms with Gasteiger partial charge in [0.25, 0.3) is 0 Å². The van der Waals surface area contributed by atoms with Crippen LogP contribution in [0.15, 0.2) is 64.5 Å². The van der Waals surface area contributed by atoms with E-state index < -0.39 is 10.0 Å². The molecule has 1 aliphatic heterocycles. The zero-order valence-corrected chi connectivity index (χ0v) is 17.7. The molecular weight excluding hydrogens is 442 g/mol. The summed E-state index contributed by atoms with van der Waals surface area (Å²) in [6.45, 7) is 1.99. The summed E-state index contributed by atoms with van der Waals surface area (Å²) in [6, 6.07) is 16.7. The van der Waals surface area contributed by atoms with E-state index in [-0.39, 0.29) is 12.5 Å². The first kappa shape index (κ1) is 20.7. The Bertz CT molecular complexity index is 940. The van der Waals surface area contributed by atoms with Crippen LogP contribution < -0.4 is 5.32 Å². The van der Waals surface area contributed by atoms with E-state index in [1.807, 2.05) is 59.5 Å². The number of halogens is 1. The van der Waals surface area contributed by atoms with E-state index in [0.717, 1.165) is 15.7 Å². The Morgan fingerprint density at radius 2 is 1.64 bits per heavy atom. The van der Waals surface area contributed by atoms with Gasteiger partial charge >= 0.3 is 0 Å². The van der Waals surface area contributed by atoms with Crippen molar-refractivity contribution in [2.45, 2.75) is 0 Å². The predicted molar refractivity (Wildman–Crippen MR) is 115 cm³/mol. The molecule has 3 rings (SSSR count). The van der Waals surface area contributed by atoms with Gasteiger partial charge in [0.1, 0.15) is 0 Å². The van der Waals surface area contributed by atoms with Crippen LogP contribution in [-0.2, 0) is 14.8 Å². The molecule has 1 aliphatic rings. The molecule has 8 heteroatoms. The van der Waals surface area contributed by atoms with Gasteiger partial charge in [-0.1, -0.05) is 42.5 Å². The minimum Gasteiger partial charge on any atom is -0.324 e. The third-order valence-corrected chi connectivity index (χ3v) is 6.69. The molecule has 0 atom stereocenters. The van der Waals surface area contributed by atoms with Crippen LogP contribution in [0.3, 0.4) is 0 Å². The van der Waals surface area contributed by atoms with E-state index in [9.17, 15) is 13.2 Å². The van der Waals surface area contributed by atoms with E-state index in [2.05, 4.69) is 21.2 Å². The monoisotopic (exact) mass is 463 g/mol. The normalized spacial score (nSPS) is 16.3. The van der Waals surface area contributed by atoms with Crippen molar-refractivity contribution >= 4 is 43.6 Å². The molecule has 0 saturated carbocycles. The van der Waals surface area contributed by atoms with Gasteiger partial charge in [0.05, 0.1) is 12.2 Å².